The van der Waals surface area contributed by atoms with Crippen LogP contribution in [0.4, 0.5) is 0 Å². The zero-order valence-corrected chi connectivity index (χ0v) is 12.5. The van der Waals surface area contributed by atoms with Gasteiger partial charge in [0.1, 0.15) is 6.10 Å². The van der Waals surface area contributed by atoms with Crippen molar-refractivity contribution < 1.29 is 15.0 Å². The summed E-state index contributed by atoms with van der Waals surface area (Å²) in [5, 5.41) is 19.7. The molecule has 0 aliphatic carbocycles. The third-order valence-corrected chi connectivity index (χ3v) is 3.58. The summed E-state index contributed by atoms with van der Waals surface area (Å²) in [5.74, 6) is -1.03. The summed E-state index contributed by atoms with van der Waals surface area (Å²) in [6.07, 6.45) is -0.939. The van der Waals surface area contributed by atoms with Crippen LogP contribution in [0.5, 0.6) is 0 Å². The lowest BCUT2D eigenvalue weighted by molar-refractivity contribution is 0.0691. The lowest BCUT2D eigenvalue weighted by atomic mass is 9.86. The van der Waals surface area contributed by atoms with E-state index in [4.69, 9.17) is 0 Å². The Labute approximate surface area is 124 Å². The Morgan fingerprint density at radius 2 is 1.57 bits per heavy atom. The van der Waals surface area contributed by atoms with Crippen molar-refractivity contribution in [3.8, 4) is 0 Å². The molecule has 0 amide bonds. The highest BCUT2D eigenvalue weighted by atomic mass is 16.4. The molecule has 0 spiro atoms. The van der Waals surface area contributed by atoms with E-state index in [1.807, 2.05) is 24.3 Å². The van der Waals surface area contributed by atoms with Crippen LogP contribution in [0.2, 0.25) is 0 Å². The second-order valence-corrected chi connectivity index (χ2v) is 6.17. The fourth-order valence-corrected chi connectivity index (χ4v) is 2.28. The van der Waals surface area contributed by atoms with Crippen molar-refractivity contribution in [1.29, 1.82) is 0 Å². The molecule has 0 bridgehead atoms. The minimum absolute atomic E-state index is 0.0441. The van der Waals surface area contributed by atoms with Crippen LogP contribution in [0, 0.1) is 0 Å². The molecular weight excluding hydrogens is 264 g/mol. The van der Waals surface area contributed by atoms with Crippen LogP contribution in [0.15, 0.2) is 48.5 Å². The van der Waals surface area contributed by atoms with Gasteiger partial charge in [-0.15, -0.1) is 0 Å². The highest BCUT2D eigenvalue weighted by Crippen LogP contribution is 2.28. The lowest BCUT2D eigenvalue weighted by Gasteiger charge is -2.20. The summed E-state index contributed by atoms with van der Waals surface area (Å²) in [4.78, 5) is 11.2. The van der Waals surface area contributed by atoms with Gasteiger partial charge in [-0.25, -0.2) is 4.79 Å². The molecule has 0 saturated carbocycles. The predicted molar refractivity (Wildman–Crippen MR) is 82.6 cm³/mol. The molecule has 2 aromatic carbocycles. The number of carbonyl (C=O) groups is 1. The molecule has 2 aromatic rings. The normalized spacial score (nSPS) is 13.0. The summed E-state index contributed by atoms with van der Waals surface area (Å²) >= 11 is 0. The van der Waals surface area contributed by atoms with Crippen LogP contribution in [0.1, 0.15) is 53.9 Å². The van der Waals surface area contributed by atoms with Crippen molar-refractivity contribution in [2.24, 2.45) is 0 Å². The molecule has 1 atom stereocenters. The average molecular weight is 284 g/mol. The van der Waals surface area contributed by atoms with Crippen molar-refractivity contribution in [3.05, 3.63) is 70.8 Å². The van der Waals surface area contributed by atoms with Crippen molar-refractivity contribution >= 4 is 5.97 Å². The van der Waals surface area contributed by atoms with Gasteiger partial charge < -0.3 is 10.2 Å². The minimum Gasteiger partial charge on any atom is -0.478 e. The smallest absolute Gasteiger partial charge is 0.336 e. The topological polar surface area (TPSA) is 57.5 Å². The first kappa shape index (κ1) is 15.3. The first-order valence-electron chi connectivity index (χ1n) is 6.91. The Morgan fingerprint density at radius 1 is 1.00 bits per heavy atom. The number of aromatic carboxylic acids is 1. The monoisotopic (exact) mass is 284 g/mol. The number of hydrogen-bond donors (Lipinski definition) is 2. The van der Waals surface area contributed by atoms with E-state index in [0.717, 1.165) is 0 Å². The second-order valence-electron chi connectivity index (χ2n) is 6.17. The summed E-state index contributed by atoms with van der Waals surface area (Å²) < 4.78 is 0. The van der Waals surface area contributed by atoms with Crippen LogP contribution in [-0.2, 0) is 5.41 Å². The summed E-state index contributed by atoms with van der Waals surface area (Å²) in [5.41, 5.74) is 2.45. The highest BCUT2D eigenvalue weighted by Gasteiger charge is 2.19. The molecule has 3 heteroatoms. The van der Waals surface area contributed by atoms with E-state index in [1.54, 1.807) is 18.2 Å². The van der Waals surface area contributed by atoms with Crippen LogP contribution >= 0.6 is 0 Å². The highest BCUT2D eigenvalue weighted by molar-refractivity contribution is 5.89. The summed E-state index contributed by atoms with van der Waals surface area (Å²) in [6.45, 7) is 6.37. The molecule has 0 heterocycles. The van der Waals surface area contributed by atoms with Gasteiger partial charge in [0.25, 0.3) is 0 Å². The van der Waals surface area contributed by atoms with Gasteiger partial charge in [0.2, 0.25) is 0 Å². The standard InChI is InChI=1S/C18H20O3/c1-18(2,3)13-10-8-12(9-11-13)16(19)14-6-4-5-7-15(14)17(20)21/h4-11,16,19H,1-3H3,(H,20,21). The SMILES string of the molecule is CC(C)(C)c1ccc(C(O)c2ccccc2C(=O)O)cc1. The Kier molecular flexibility index (Phi) is 4.14. The third kappa shape index (κ3) is 3.31. The van der Waals surface area contributed by atoms with E-state index in [2.05, 4.69) is 20.8 Å². The van der Waals surface area contributed by atoms with Gasteiger partial charge in [-0.3, -0.25) is 0 Å². The van der Waals surface area contributed by atoms with Crippen LogP contribution in [0.3, 0.4) is 0 Å². The van der Waals surface area contributed by atoms with E-state index < -0.39 is 12.1 Å². The van der Waals surface area contributed by atoms with E-state index in [9.17, 15) is 15.0 Å². The average Bonchev–Trinajstić information content (AvgIpc) is 2.45. The van der Waals surface area contributed by atoms with Gasteiger partial charge in [-0.05, 0) is 28.2 Å². The first-order chi connectivity index (χ1) is 9.80. The molecular formula is C18H20O3. The van der Waals surface area contributed by atoms with Gasteiger partial charge in [0.15, 0.2) is 0 Å². The second kappa shape index (κ2) is 5.70. The maximum absolute atomic E-state index is 11.2. The fourth-order valence-electron chi connectivity index (χ4n) is 2.28. The van der Waals surface area contributed by atoms with E-state index in [1.165, 1.54) is 11.6 Å². The summed E-state index contributed by atoms with van der Waals surface area (Å²) in [6, 6.07) is 14.2. The zero-order valence-electron chi connectivity index (χ0n) is 12.5. The minimum atomic E-state index is -1.03. The van der Waals surface area contributed by atoms with Gasteiger partial charge in [0, 0.05) is 0 Å². The van der Waals surface area contributed by atoms with Gasteiger partial charge in [0.05, 0.1) is 5.56 Å². The number of carboxylic acid groups (broad SMARTS) is 1. The number of aliphatic hydroxyl groups is 1. The molecule has 110 valence electrons. The maximum Gasteiger partial charge on any atom is 0.336 e. The van der Waals surface area contributed by atoms with Crippen molar-refractivity contribution in [1.82, 2.24) is 0 Å². The molecule has 0 fully saturated rings. The maximum atomic E-state index is 11.2. The van der Waals surface area contributed by atoms with Crippen molar-refractivity contribution in [2.75, 3.05) is 0 Å². The number of carboxylic acids is 1. The molecule has 0 aliphatic heterocycles. The molecule has 1 unspecified atom stereocenters. The van der Waals surface area contributed by atoms with E-state index >= 15 is 0 Å². The van der Waals surface area contributed by atoms with Gasteiger partial charge in [-0.2, -0.15) is 0 Å². The number of rotatable bonds is 3. The van der Waals surface area contributed by atoms with Crippen LogP contribution in [0.25, 0.3) is 0 Å². The molecule has 0 radical (unpaired) electrons. The molecule has 2 N–H and O–H groups in total. The van der Waals surface area contributed by atoms with Gasteiger partial charge in [-0.1, -0.05) is 63.2 Å². The third-order valence-electron chi connectivity index (χ3n) is 3.58. The molecule has 2 rings (SSSR count). The Balaban J connectivity index is 2.37. The molecule has 3 nitrogen and oxygen atoms in total. The molecule has 0 aliphatic rings. The molecule has 0 aromatic heterocycles. The van der Waals surface area contributed by atoms with Crippen molar-refractivity contribution in [2.45, 2.75) is 32.3 Å². The van der Waals surface area contributed by atoms with E-state index in [0.29, 0.717) is 11.1 Å². The largest absolute Gasteiger partial charge is 0.478 e. The number of aliphatic hydroxyl groups excluding tert-OH is 1. The molecule has 21 heavy (non-hydrogen) atoms. The van der Waals surface area contributed by atoms with Gasteiger partial charge >= 0.3 is 5.97 Å². The van der Waals surface area contributed by atoms with Crippen LogP contribution < -0.4 is 0 Å². The quantitative estimate of drug-likeness (QED) is 0.902. The molecule has 0 saturated heterocycles. The lowest BCUT2D eigenvalue weighted by Crippen LogP contribution is -2.12. The Bertz CT molecular complexity index is 636. The predicted octanol–water partition coefficient (Wildman–Crippen LogP) is 3.76. The summed E-state index contributed by atoms with van der Waals surface area (Å²) in [7, 11) is 0. The number of hydrogen-bond acceptors (Lipinski definition) is 2. The zero-order chi connectivity index (χ0) is 15.6. The first-order valence-corrected chi connectivity index (χ1v) is 6.91. The Hall–Kier alpha value is -2.13. The van der Waals surface area contributed by atoms with E-state index in [-0.39, 0.29) is 11.0 Å². The fraction of sp³-hybridized carbons (Fsp3) is 0.278. The Morgan fingerprint density at radius 3 is 2.10 bits per heavy atom. The van der Waals surface area contributed by atoms with Crippen LogP contribution in [-0.4, -0.2) is 16.2 Å². The van der Waals surface area contributed by atoms with Crippen molar-refractivity contribution in [3.63, 3.8) is 0 Å². The number of benzene rings is 2.